The molecule has 0 aromatic heterocycles. The van der Waals surface area contributed by atoms with E-state index in [0.29, 0.717) is 6.42 Å². The van der Waals surface area contributed by atoms with E-state index in [1.54, 1.807) is 7.05 Å². The van der Waals surface area contributed by atoms with Crippen molar-refractivity contribution in [3.8, 4) is 0 Å². The van der Waals surface area contributed by atoms with Crippen LogP contribution in [0.15, 0.2) is 29.3 Å². The molecule has 0 aliphatic carbocycles. The Hall–Kier alpha value is -1.68. The highest BCUT2D eigenvalue weighted by Gasteiger charge is 2.11. The molecule has 0 radical (unpaired) electrons. The number of carbonyl (C=O) groups is 1. The second-order valence-electron chi connectivity index (χ2n) is 4.31. The van der Waals surface area contributed by atoms with Gasteiger partial charge in [0.05, 0.1) is 0 Å². The van der Waals surface area contributed by atoms with Gasteiger partial charge in [0.15, 0.2) is 0 Å². The SMILES string of the molecule is CN=C(C)C.Cc1ccc(CC(N)C(=O)O)cc1. The van der Waals surface area contributed by atoms with Gasteiger partial charge in [0.25, 0.3) is 0 Å². The molecule has 0 heterocycles. The third kappa shape index (κ3) is 7.57. The van der Waals surface area contributed by atoms with Gasteiger partial charge in [-0.15, -0.1) is 0 Å². The Kier molecular flexibility index (Phi) is 7.63. The van der Waals surface area contributed by atoms with Gasteiger partial charge in [0.2, 0.25) is 0 Å². The molecule has 1 aromatic rings. The average molecular weight is 250 g/mol. The molecular formula is C14H22N2O2. The number of rotatable bonds is 3. The van der Waals surface area contributed by atoms with E-state index in [1.165, 1.54) is 0 Å². The molecule has 0 aliphatic heterocycles. The number of hydrogen-bond donors (Lipinski definition) is 2. The van der Waals surface area contributed by atoms with Crippen molar-refractivity contribution >= 4 is 11.7 Å². The largest absolute Gasteiger partial charge is 0.480 e. The van der Waals surface area contributed by atoms with E-state index in [4.69, 9.17) is 10.8 Å². The molecule has 1 rings (SSSR count). The second-order valence-corrected chi connectivity index (χ2v) is 4.31. The molecule has 0 saturated heterocycles. The number of nitrogens with zero attached hydrogens (tertiary/aromatic N) is 1. The molecule has 0 amide bonds. The molecule has 4 nitrogen and oxygen atoms in total. The van der Waals surface area contributed by atoms with Crippen LogP contribution >= 0.6 is 0 Å². The van der Waals surface area contributed by atoms with Crippen molar-refractivity contribution in [2.45, 2.75) is 33.2 Å². The van der Waals surface area contributed by atoms with Crippen LogP contribution in [0.4, 0.5) is 0 Å². The van der Waals surface area contributed by atoms with E-state index in [1.807, 2.05) is 45.0 Å². The zero-order valence-electron chi connectivity index (χ0n) is 11.5. The number of carboxylic acids is 1. The number of hydrogen-bond acceptors (Lipinski definition) is 3. The number of carboxylic acid groups (broad SMARTS) is 1. The van der Waals surface area contributed by atoms with Gasteiger partial charge in [-0.2, -0.15) is 0 Å². The lowest BCUT2D eigenvalue weighted by Crippen LogP contribution is -2.32. The van der Waals surface area contributed by atoms with Gasteiger partial charge in [-0.3, -0.25) is 9.79 Å². The van der Waals surface area contributed by atoms with Crippen molar-refractivity contribution in [3.63, 3.8) is 0 Å². The molecule has 3 N–H and O–H groups in total. The fraction of sp³-hybridized carbons (Fsp3) is 0.429. The van der Waals surface area contributed by atoms with Crippen LogP contribution in [0.1, 0.15) is 25.0 Å². The molecule has 0 spiro atoms. The van der Waals surface area contributed by atoms with E-state index in [2.05, 4.69) is 4.99 Å². The Morgan fingerprint density at radius 3 is 2.11 bits per heavy atom. The van der Waals surface area contributed by atoms with Crippen molar-refractivity contribution in [2.75, 3.05) is 7.05 Å². The predicted molar refractivity (Wildman–Crippen MR) is 75.2 cm³/mol. The number of nitrogens with two attached hydrogens (primary N) is 1. The van der Waals surface area contributed by atoms with Crippen LogP contribution in [0.2, 0.25) is 0 Å². The van der Waals surface area contributed by atoms with Gasteiger partial charge in [-0.1, -0.05) is 29.8 Å². The summed E-state index contributed by atoms with van der Waals surface area (Å²) in [5.41, 5.74) is 8.64. The van der Waals surface area contributed by atoms with Gasteiger partial charge < -0.3 is 10.8 Å². The van der Waals surface area contributed by atoms with Crippen molar-refractivity contribution in [1.29, 1.82) is 0 Å². The summed E-state index contributed by atoms with van der Waals surface area (Å²) in [6.45, 7) is 5.93. The summed E-state index contributed by atoms with van der Waals surface area (Å²) in [6, 6.07) is 6.90. The van der Waals surface area contributed by atoms with Crippen molar-refractivity contribution < 1.29 is 9.90 Å². The number of benzene rings is 1. The summed E-state index contributed by atoms with van der Waals surface area (Å²) in [4.78, 5) is 14.3. The zero-order valence-corrected chi connectivity index (χ0v) is 11.5. The molecule has 1 atom stereocenters. The third-order valence-corrected chi connectivity index (χ3v) is 2.34. The first-order chi connectivity index (χ1) is 8.36. The molecule has 1 unspecified atom stereocenters. The lowest BCUT2D eigenvalue weighted by molar-refractivity contribution is -0.138. The summed E-state index contributed by atoms with van der Waals surface area (Å²) < 4.78 is 0. The topological polar surface area (TPSA) is 75.7 Å². The van der Waals surface area contributed by atoms with E-state index in [9.17, 15) is 4.79 Å². The van der Waals surface area contributed by atoms with Gasteiger partial charge in [0.1, 0.15) is 6.04 Å². The van der Waals surface area contributed by atoms with Crippen molar-refractivity contribution in [2.24, 2.45) is 10.7 Å². The molecule has 1 aromatic carbocycles. The monoisotopic (exact) mass is 250 g/mol. The lowest BCUT2D eigenvalue weighted by Gasteiger charge is -2.05. The highest BCUT2D eigenvalue weighted by atomic mass is 16.4. The average Bonchev–Trinajstić information content (AvgIpc) is 2.32. The summed E-state index contributed by atoms with van der Waals surface area (Å²) in [5.74, 6) is -0.958. The molecule has 0 saturated carbocycles. The highest BCUT2D eigenvalue weighted by molar-refractivity contribution is 5.78. The summed E-state index contributed by atoms with van der Waals surface area (Å²) in [5, 5.41) is 8.57. The molecule has 0 aliphatic rings. The van der Waals surface area contributed by atoms with Crippen LogP contribution in [-0.4, -0.2) is 29.9 Å². The molecule has 100 valence electrons. The highest BCUT2D eigenvalue weighted by Crippen LogP contribution is 2.05. The fourth-order valence-electron chi connectivity index (χ4n) is 1.07. The molecule has 0 fully saturated rings. The molecular weight excluding hydrogens is 228 g/mol. The Morgan fingerprint density at radius 2 is 1.78 bits per heavy atom. The molecule has 18 heavy (non-hydrogen) atoms. The molecule has 0 bridgehead atoms. The second kappa shape index (κ2) is 8.42. The first-order valence-electron chi connectivity index (χ1n) is 5.80. The van der Waals surface area contributed by atoms with Crippen LogP contribution < -0.4 is 5.73 Å². The summed E-state index contributed by atoms with van der Waals surface area (Å²) in [6.07, 6.45) is 0.385. The molecule has 4 heteroatoms. The van der Waals surface area contributed by atoms with Gasteiger partial charge in [-0.05, 0) is 32.8 Å². The minimum atomic E-state index is -0.958. The predicted octanol–water partition coefficient (Wildman–Crippen LogP) is 2.05. The Bertz CT molecular complexity index is 393. The van der Waals surface area contributed by atoms with Crippen LogP contribution in [0.5, 0.6) is 0 Å². The van der Waals surface area contributed by atoms with Crippen molar-refractivity contribution in [1.82, 2.24) is 0 Å². The maximum atomic E-state index is 10.4. The van der Waals surface area contributed by atoms with E-state index in [-0.39, 0.29) is 0 Å². The van der Waals surface area contributed by atoms with Gasteiger partial charge in [-0.25, -0.2) is 0 Å². The first-order valence-corrected chi connectivity index (χ1v) is 5.80. The Balaban J connectivity index is 0.000000494. The Morgan fingerprint density at radius 1 is 1.33 bits per heavy atom. The normalized spacial score (nSPS) is 10.9. The smallest absolute Gasteiger partial charge is 0.320 e. The van der Waals surface area contributed by atoms with Crippen LogP contribution in [0.25, 0.3) is 0 Å². The van der Waals surface area contributed by atoms with E-state index < -0.39 is 12.0 Å². The third-order valence-electron chi connectivity index (χ3n) is 2.34. The standard InChI is InChI=1S/C10H13NO2.C4H9N/c1-7-2-4-8(5-3-7)6-9(11)10(12)13;1-4(2)5-3/h2-5,9H,6,11H2,1H3,(H,12,13);1-3H3. The fourth-order valence-corrected chi connectivity index (χ4v) is 1.07. The number of aliphatic carboxylic acids is 1. The maximum Gasteiger partial charge on any atom is 0.320 e. The minimum absolute atomic E-state index is 0.385. The van der Waals surface area contributed by atoms with E-state index in [0.717, 1.165) is 16.8 Å². The number of aliphatic imine (C=N–C) groups is 1. The van der Waals surface area contributed by atoms with Crippen molar-refractivity contribution in [3.05, 3.63) is 35.4 Å². The Labute approximate surface area is 109 Å². The quantitative estimate of drug-likeness (QED) is 0.806. The maximum absolute atomic E-state index is 10.4. The number of aryl methyl sites for hydroxylation is 1. The lowest BCUT2D eigenvalue weighted by atomic mass is 10.1. The van der Waals surface area contributed by atoms with Gasteiger partial charge >= 0.3 is 5.97 Å². The minimum Gasteiger partial charge on any atom is -0.480 e. The van der Waals surface area contributed by atoms with Crippen LogP contribution in [0, 0.1) is 6.92 Å². The summed E-state index contributed by atoms with van der Waals surface area (Å²) >= 11 is 0. The van der Waals surface area contributed by atoms with Crippen LogP contribution in [0.3, 0.4) is 0 Å². The van der Waals surface area contributed by atoms with E-state index >= 15 is 0 Å². The first kappa shape index (κ1) is 16.3. The zero-order chi connectivity index (χ0) is 14.1. The van der Waals surface area contributed by atoms with Gasteiger partial charge in [0, 0.05) is 12.8 Å². The van der Waals surface area contributed by atoms with Crippen LogP contribution in [-0.2, 0) is 11.2 Å². The summed E-state index contributed by atoms with van der Waals surface area (Å²) in [7, 11) is 1.79.